The molecule has 0 spiro atoms. The molecular weight excluding hydrogens is 297 g/mol. The van der Waals surface area contributed by atoms with E-state index in [2.05, 4.69) is 17.9 Å². The third-order valence-corrected chi connectivity index (χ3v) is 4.89. The number of fused-ring (bicyclic) bond motifs is 1. The van der Waals surface area contributed by atoms with Gasteiger partial charge in [-0.25, -0.2) is 10.2 Å². The van der Waals surface area contributed by atoms with Gasteiger partial charge in [0.15, 0.2) is 0 Å². The molecule has 1 atom stereocenters. The van der Waals surface area contributed by atoms with Crippen LogP contribution in [0.2, 0.25) is 12.6 Å². The second-order valence-electron chi connectivity index (χ2n) is 6.73. The van der Waals surface area contributed by atoms with Crippen LogP contribution in [0.15, 0.2) is 29.1 Å². The van der Waals surface area contributed by atoms with Crippen molar-refractivity contribution >= 4 is 6.71 Å². The first-order chi connectivity index (χ1) is 11.6. The van der Waals surface area contributed by atoms with Gasteiger partial charge in [0.1, 0.15) is 5.82 Å². The Bertz CT molecular complexity index is 820. The molecule has 1 aliphatic rings. The molecule has 3 rings (SSSR count). The maximum absolute atomic E-state index is 12.6. The van der Waals surface area contributed by atoms with Crippen molar-refractivity contribution in [3.63, 3.8) is 0 Å². The molecule has 0 radical (unpaired) electrons. The number of aryl methyl sites for hydroxylation is 1. The van der Waals surface area contributed by atoms with E-state index in [0.717, 1.165) is 42.3 Å². The normalized spacial score (nSPS) is 17.0. The lowest BCUT2D eigenvalue weighted by Gasteiger charge is -2.17. The summed E-state index contributed by atoms with van der Waals surface area (Å²) in [6.45, 7) is 4.19. The number of hydrogen-bond acceptors (Lipinski definition) is 3. The lowest BCUT2D eigenvalue weighted by Crippen LogP contribution is -2.19. The average molecular weight is 319 g/mol. The SMILES string of the molecule is CCCC1CB(C#N)CCc2c1nc(-c1ccc(C)cc1)[nH]c2=O. The standard InChI is InChI=1S/C19H22BN3O/c1-3-4-15-11-20(12-21)10-9-16-17(15)22-18(23-19(16)24)14-7-5-13(2)6-8-14/h5-8,15H,3-4,9-11H2,1-2H3,(H,22,23,24). The van der Waals surface area contributed by atoms with Crippen molar-refractivity contribution in [2.75, 3.05) is 0 Å². The summed E-state index contributed by atoms with van der Waals surface area (Å²) in [5.74, 6) is 3.23. The van der Waals surface area contributed by atoms with Crippen molar-refractivity contribution in [2.24, 2.45) is 0 Å². The first-order valence-electron chi connectivity index (χ1n) is 8.72. The summed E-state index contributed by atoms with van der Waals surface area (Å²) in [6.07, 6.45) is 4.19. The number of rotatable bonds is 3. The van der Waals surface area contributed by atoms with E-state index in [0.29, 0.717) is 12.2 Å². The van der Waals surface area contributed by atoms with E-state index in [-0.39, 0.29) is 18.2 Å². The Balaban J connectivity index is 2.09. The fraction of sp³-hybridized carbons (Fsp3) is 0.421. The Morgan fingerprint density at radius 1 is 1.38 bits per heavy atom. The van der Waals surface area contributed by atoms with Crippen molar-refractivity contribution in [2.45, 2.75) is 51.7 Å². The topological polar surface area (TPSA) is 69.5 Å². The van der Waals surface area contributed by atoms with Crippen LogP contribution in [0.5, 0.6) is 0 Å². The van der Waals surface area contributed by atoms with Gasteiger partial charge in [-0.2, -0.15) is 0 Å². The first kappa shape index (κ1) is 16.5. The zero-order valence-electron chi connectivity index (χ0n) is 14.3. The number of aromatic nitrogens is 2. The van der Waals surface area contributed by atoms with Crippen molar-refractivity contribution in [3.05, 3.63) is 51.4 Å². The predicted molar refractivity (Wildman–Crippen MR) is 97.4 cm³/mol. The van der Waals surface area contributed by atoms with Crippen LogP contribution >= 0.6 is 0 Å². The molecule has 4 nitrogen and oxygen atoms in total. The third-order valence-electron chi connectivity index (χ3n) is 4.89. The molecule has 122 valence electrons. The Labute approximate surface area is 143 Å². The monoisotopic (exact) mass is 319 g/mol. The number of hydrogen-bond donors (Lipinski definition) is 1. The molecule has 1 N–H and O–H groups in total. The second kappa shape index (κ2) is 7.04. The van der Waals surface area contributed by atoms with Gasteiger partial charge >= 0.3 is 0 Å². The van der Waals surface area contributed by atoms with Crippen LogP contribution in [0.3, 0.4) is 0 Å². The highest BCUT2D eigenvalue weighted by Crippen LogP contribution is 2.32. The Morgan fingerprint density at radius 2 is 2.12 bits per heavy atom. The summed E-state index contributed by atoms with van der Waals surface area (Å²) in [5.41, 5.74) is 3.75. The second-order valence-corrected chi connectivity index (χ2v) is 6.73. The highest BCUT2D eigenvalue weighted by atomic mass is 16.1. The summed E-state index contributed by atoms with van der Waals surface area (Å²) in [6, 6.07) is 8.03. The minimum atomic E-state index is -0.0460. The van der Waals surface area contributed by atoms with Crippen molar-refractivity contribution in [1.29, 1.82) is 5.26 Å². The van der Waals surface area contributed by atoms with E-state index < -0.39 is 0 Å². The Kier molecular flexibility index (Phi) is 4.85. The smallest absolute Gasteiger partial charge is 0.268 e. The molecular formula is C19H22BN3O. The number of nitrogens with one attached hydrogen (secondary N) is 1. The minimum Gasteiger partial charge on any atom is -0.306 e. The zero-order valence-corrected chi connectivity index (χ0v) is 14.3. The summed E-state index contributed by atoms with van der Waals surface area (Å²) in [7, 11) is 0. The van der Waals surface area contributed by atoms with E-state index >= 15 is 0 Å². The van der Waals surface area contributed by atoms with Crippen molar-refractivity contribution in [1.82, 2.24) is 9.97 Å². The van der Waals surface area contributed by atoms with Gasteiger partial charge in [0.05, 0.1) is 5.69 Å². The minimum absolute atomic E-state index is 0.0120. The molecule has 2 heterocycles. The third kappa shape index (κ3) is 3.28. The molecule has 0 fully saturated rings. The molecule has 24 heavy (non-hydrogen) atoms. The van der Waals surface area contributed by atoms with Crippen molar-refractivity contribution in [3.8, 4) is 17.4 Å². The number of nitriles is 1. The highest BCUT2D eigenvalue weighted by Gasteiger charge is 2.30. The maximum Gasteiger partial charge on any atom is 0.268 e. The molecule has 1 unspecified atom stereocenters. The Morgan fingerprint density at radius 3 is 2.79 bits per heavy atom. The molecule has 1 aromatic heterocycles. The zero-order chi connectivity index (χ0) is 17.1. The summed E-state index contributed by atoms with van der Waals surface area (Å²) >= 11 is 0. The van der Waals surface area contributed by atoms with Gasteiger partial charge in [-0.3, -0.25) is 4.79 Å². The van der Waals surface area contributed by atoms with Gasteiger partial charge in [0, 0.05) is 17.1 Å². The van der Waals surface area contributed by atoms with E-state index in [9.17, 15) is 10.1 Å². The van der Waals surface area contributed by atoms with Gasteiger partial charge < -0.3 is 4.98 Å². The van der Waals surface area contributed by atoms with Crippen LogP contribution < -0.4 is 5.56 Å². The molecule has 0 amide bonds. The lowest BCUT2D eigenvalue weighted by molar-refractivity contribution is 0.638. The van der Waals surface area contributed by atoms with Gasteiger partial charge in [-0.1, -0.05) is 55.8 Å². The molecule has 2 aromatic rings. The van der Waals surface area contributed by atoms with Crippen LogP contribution in [-0.2, 0) is 6.42 Å². The molecule has 0 aliphatic carbocycles. The fourth-order valence-corrected chi connectivity index (χ4v) is 3.55. The molecule has 1 aliphatic heterocycles. The number of aromatic amines is 1. The van der Waals surface area contributed by atoms with Gasteiger partial charge in [-0.05, 0) is 25.7 Å². The average Bonchev–Trinajstić information content (AvgIpc) is 2.76. The predicted octanol–water partition coefficient (Wildman–Crippen LogP) is 3.74. The summed E-state index contributed by atoms with van der Waals surface area (Å²) in [4.78, 5) is 20.4. The number of H-pyrrole nitrogens is 1. The Hall–Kier alpha value is -2.35. The molecule has 5 heteroatoms. The van der Waals surface area contributed by atoms with Crippen LogP contribution in [0.25, 0.3) is 11.4 Å². The van der Waals surface area contributed by atoms with Crippen LogP contribution in [0.1, 0.15) is 42.5 Å². The van der Waals surface area contributed by atoms with E-state index in [1.165, 1.54) is 5.56 Å². The maximum atomic E-state index is 12.6. The van der Waals surface area contributed by atoms with Crippen LogP contribution in [0.4, 0.5) is 0 Å². The molecule has 0 saturated heterocycles. The lowest BCUT2D eigenvalue weighted by atomic mass is 9.44. The van der Waals surface area contributed by atoms with E-state index in [1.54, 1.807) is 0 Å². The van der Waals surface area contributed by atoms with Crippen molar-refractivity contribution < 1.29 is 0 Å². The molecule has 0 saturated carbocycles. The van der Waals surface area contributed by atoms with E-state index in [1.807, 2.05) is 31.2 Å². The summed E-state index contributed by atoms with van der Waals surface area (Å²) < 4.78 is 0. The van der Waals surface area contributed by atoms with Crippen LogP contribution in [-0.4, -0.2) is 16.7 Å². The highest BCUT2D eigenvalue weighted by molar-refractivity contribution is 6.67. The molecule has 1 aromatic carbocycles. The number of nitrogens with zero attached hydrogens (tertiary/aromatic N) is 2. The van der Waals surface area contributed by atoms with Gasteiger partial charge in [0.2, 0.25) is 0 Å². The largest absolute Gasteiger partial charge is 0.306 e. The molecule has 0 bridgehead atoms. The van der Waals surface area contributed by atoms with Gasteiger partial charge in [-0.15, -0.1) is 0 Å². The first-order valence-corrected chi connectivity index (χ1v) is 8.72. The van der Waals surface area contributed by atoms with Crippen LogP contribution in [0, 0.1) is 18.2 Å². The summed E-state index contributed by atoms with van der Waals surface area (Å²) in [5, 5.41) is 9.35. The fourth-order valence-electron chi connectivity index (χ4n) is 3.55. The number of benzene rings is 1. The quantitative estimate of drug-likeness (QED) is 0.876. The van der Waals surface area contributed by atoms with Gasteiger partial charge in [0.25, 0.3) is 12.3 Å². The van der Waals surface area contributed by atoms with E-state index in [4.69, 9.17) is 4.98 Å².